The van der Waals surface area contributed by atoms with E-state index in [9.17, 15) is 4.79 Å². The number of amides is 1. The lowest BCUT2D eigenvalue weighted by Gasteiger charge is -2.23. The van der Waals surface area contributed by atoms with Crippen LogP contribution in [-0.2, 0) is 6.54 Å². The largest absolute Gasteiger partial charge is 0.312 e. The molecule has 1 aliphatic rings. The fourth-order valence-electron chi connectivity index (χ4n) is 3.21. The van der Waals surface area contributed by atoms with E-state index >= 15 is 0 Å². The van der Waals surface area contributed by atoms with Crippen molar-refractivity contribution in [1.82, 2.24) is 9.47 Å². The summed E-state index contributed by atoms with van der Waals surface area (Å²) in [5, 5.41) is 1.09. The molecule has 0 aliphatic carbocycles. The molecule has 1 aromatic heterocycles. The number of hydrogen-bond acceptors (Lipinski definition) is 1. The molecule has 0 saturated heterocycles. The predicted octanol–water partition coefficient (Wildman–Crippen LogP) is 3.98. The maximum absolute atomic E-state index is 12.8. The van der Waals surface area contributed by atoms with Gasteiger partial charge in [0.1, 0.15) is 11.9 Å². The van der Waals surface area contributed by atoms with Gasteiger partial charge < -0.3 is 9.47 Å². The quantitative estimate of drug-likeness (QED) is 0.669. The van der Waals surface area contributed by atoms with E-state index in [-0.39, 0.29) is 12.1 Å². The van der Waals surface area contributed by atoms with Crippen LogP contribution in [0.3, 0.4) is 0 Å². The van der Waals surface area contributed by atoms with Gasteiger partial charge in [-0.2, -0.15) is 0 Å². The van der Waals surface area contributed by atoms with Crippen molar-refractivity contribution in [2.45, 2.75) is 12.7 Å². The minimum Gasteiger partial charge on any atom is -0.312 e. The molecule has 0 N–H and O–H groups in total. The van der Waals surface area contributed by atoms with Crippen LogP contribution in [-0.4, -0.2) is 15.4 Å². The Balaban J connectivity index is 1.79. The van der Waals surface area contributed by atoms with Gasteiger partial charge in [-0.1, -0.05) is 55.1 Å². The van der Waals surface area contributed by atoms with E-state index in [1.54, 1.807) is 0 Å². The molecule has 3 aromatic rings. The van der Waals surface area contributed by atoms with Gasteiger partial charge >= 0.3 is 0 Å². The van der Waals surface area contributed by atoms with Gasteiger partial charge in [-0.05, 0) is 23.8 Å². The Hall–Kier alpha value is -2.81. The molecule has 3 heteroatoms. The van der Waals surface area contributed by atoms with Crippen LogP contribution in [0, 0.1) is 0 Å². The summed E-state index contributed by atoms with van der Waals surface area (Å²) in [6, 6.07) is 20.1. The van der Waals surface area contributed by atoms with Crippen LogP contribution in [0.15, 0.2) is 73.3 Å². The van der Waals surface area contributed by atoms with Gasteiger partial charge in [0.05, 0.1) is 5.52 Å². The zero-order valence-corrected chi connectivity index (χ0v) is 12.1. The molecule has 0 fully saturated rings. The van der Waals surface area contributed by atoms with Crippen molar-refractivity contribution < 1.29 is 4.79 Å². The molecule has 1 amide bonds. The number of hydrogen-bond donors (Lipinski definition) is 0. The van der Waals surface area contributed by atoms with E-state index in [1.807, 2.05) is 65.6 Å². The van der Waals surface area contributed by atoms with Gasteiger partial charge in [0.15, 0.2) is 0 Å². The second kappa shape index (κ2) is 4.88. The number of rotatable bonds is 3. The molecule has 2 heterocycles. The first kappa shape index (κ1) is 12.9. The second-order valence-electron chi connectivity index (χ2n) is 5.53. The predicted molar refractivity (Wildman–Crippen MR) is 87.5 cm³/mol. The van der Waals surface area contributed by atoms with Crippen LogP contribution in [0.1, 0.15) is 22.2 Å². The highest BCUT2D eigenvalue weighted by molar-refractivity contribution is 6.01. The highest BCUT2D eigenvalue weighted by Crippen LogP contribution is 2.35. The standard InChI is InChI=1S/C19H16N2O/c1-2-18-20(13-14-8-4-3-5-9-14)19(22)17-12-15-10-6-7-11-16(15)21(17)18/h2-12,18H,1,13H2. The average Bonchev–Trinajstić information content (AvgIpc) is 3.05. The molecule has 2 aromatic carbocycles. The number of carbonyl (C=O) groups excluding carboxylic acids is 1. The monoisotopic (exact) mass is 288 g/mol. The first-order valence-electron chi connectivity index (χ1n) is 7.37. The van der Waals surface area contributed by atoms with E-state index in [2.05, 4.69) is 17.2 Å². The summed E-state index contributed by atoms with van der Waals surface area (Å²) < 4.78 is 2.08. The SMILES string of the molecule is C=CC1N(Cc2ccccc2)C(=O)c2cc3ccccc3n21. The van der Waals surface area contributed by atoms with Crippen molar-refractivity contribution in [3.63, 3.8) is 0 Å². The van der Waals surface area contributed by atoms with Crippen LogP contribution in [0.5, 0.6) is 0 Å². The molecule has 108 valence electrons. The third kappa shape index (κ3) is 1.79. The van der Waals surface area contributed by atoms with Crippen LogP contribution >= 0.6 is 0 Å². The summed E-state index contributed by atoms with van der Waals surface area (Å²) in [6.45, 7) is 4.53. The number of benzene rings is 2. The lowest BCUT2D eigenvalue weighted by molar-refractivity contribution is 0.0724. The molecule has 0 radical (unpaired) electrons. The van der Waals surface area contributed by atoms with Crippen LogP contribution in [0.25, 0.3) is 10.9 Å². The van der Waals surface area contributed by atoms with Crippen molar-refractivity contribution in [2.75, 3.05) is 0 Å². The fraction of sp³-hybridized carbons (Fsp3) is 0.105. The van der Waals surface area contributed by atoms with Crippen LogP contribution < -0.4 is 0 Å². The maximum atomic E-state index is 12.8. The first-order valence-corrected chi connectivity index (χ1v) is 7.37. The van der Waals surface area contributed by atoms with Gasteiger partial charge in [-0.15, -0.1) is 0 Å². The Kier molecular flexibility index (Phi) is 2.86. The summed E-state index contributed by atoms with van der Waals surface area (Å²) in [7, 11) is 0. The van der Waals surface area contributed by atoms with Crippen LogP contribution in [0.2, 0.25) is 0 Å². The number of carbonyl (C=O) groups is 1. The first-order chi connectivity index (χ1) is 10.8. The van der Waals surface area contributed by atoms with Gasteiger partial charge in [0, 0.05) is 11.9 Å². The number of fused-ring (bicyclic) bond motifs is 3. The van der Waals surface area contributed by atoms with E-state index in [0.29, 0.717) is 6.54 Å². The normalized spacial score (nSPS) is 17.0. The molecule has 3 nitrogen and oxygen atoms in total. The molecule has 1 aliphatic heterocycles. The Labute approximate surface area is 129 Å². The van der Waals surface area contributed by atoms with E-state index < -0.39 is 0 Å². The van der Waals surface area contributed by atoms with Crippen molar-refractivity contribution in [3.05, 3.63) is 84.6 Å². The molecule has 4 rings (SSSR count). The highest BCUT2D eigenvalue weighted by Gasteiger charge is 2.35. The molecule has 1 atom stereocenters. The third-order valence-corrected chi connectivity index (χ3v) is 4.22. The molecule has 0 spiro atoms. The lowest BCUT2D eigenvalue weighted by atomic mass is 10.2. The minimum absolute atomic E-state index is 0.0601. The Morgan fingerprint density at radius 1 is 1.05 bits per heavy atom. The molecule has 0 saturated carbocycles. The number of nitrogens with zero attached hydrogens (tertiary/aromatic N) is 2. The van der Waals surface area contributed by atoms with Gasteiger partial charge in [-0.3, -0.25) is 4.79 Å². The number of aromatic nitrogens is 1. The number of para-hydroxylation sites is 1. The van der Waals surface area contributed by atoms with Crippen molar-refractivity contribution in [3.8, 4) is 0 Å². The second-order valence-corrected chi connectivity index (χ2v) is 5.53. The lowest BCUT2D eigenvalue weighted by Crippen LogP contribution is -2.27. The smallest absolute Gasteiger partial charge is 0.272 e. The summed E-state index contributed by atoms with van der Waals surface area (Å²) in [6.07, 6.45) is 1.70. The van der Waals surface area contributed by atoms with Crippen molar-refractivity contribution in [2.24, 2.45) is 0 Å². The fourth-order valence-corrected chi connectivity index (χ4v) is 3.21. The molecule has 0 bridgehead atoms. The molecular weight excluding hydrogens is 272 g/mol. The zero-order valence-electron chi connectivity index (χ0n) is 12.1. The summed E-state index contributed by atoms with van der Waals surface area (Å²) in [4.78, 5) is 14.7. The Bertz CT molecular complexity index is 864. The minimum atomic E-state index is -0.136. The van der Waals surface area contributed by atoms with Gasteiger partial charge in [0.2, 0.25) is 0 Å². The van der Waals surface area contributed by atoms with E-state index in [4.69, 9.17) is 0 Å². The average molecular weight is 288 g/mol. The molecular formula is C19H16N2O. The van der Waals surface area contributed by atoms with E-state index in [1.165, 1.54) is 0 Å². The van der Waals surface area contributed by atoms with Crippen molar-refractivity contribution in [1.29, 1.82) is 0 Å². The summed E-state index contributed by atoms with van der Waals surface area (Å²) in [5.41, 5.74) is 2.94. The van der Waals surface area contributed by atoms with Gasteiger partial charge in [-0.25, -0.2) is 0 Å². The molecule has 22 heavy (non-hydrogen) atoms. The highest BCUT2D eigenvalue weighted by atomic mass is 16.2. The Morgan fingerprint density at radius 2 is 1.77 bits per heavy atom. The summed E-state index contributed by atoms with van der Waals surface area (Å²) >= 11 is 0. The van der Waals surface area contributed by atoms with Gasteiger partial charge in [0.25, 0.3) is 5.91 Å². The summed E-state index contributed by atoms with van der Waals surface area (Å²) in [5.74, 6) is 0.0601. The maximum Gasteiger partial charge on any atom is 0.272 e. The molecule has 1 unspecified atom stereocenters. The third-order valence-electron chi connectivity index (χ3n) is 4.22. The Morgan fingerprint density at radius 3 is 2.55 bits per heavy atom. The van der Waals surface area contributed by atoms with E-state index in [0.717, 1.165) is 22.2 Å². The zero-order chi connectivity index (χ0) is 15.1. The van der Waals surface area contributed by atoms with Crippen LogP contribution in [0.4, 0.5) is 0 Å². The van der Waals surface area contributed by atoms with Crippen molar-refractivity contribution >= 4 is 16.8 Å². The topological polar surface area (TPSA) is 25.2 Å².